The maximum absolute atomic E-state index is 10.2. The first-order chi connectivity index (χ1) is 8.22. The highest BCUT2D eigenvalue weighted by Crippen LogP contribution is 2.27. The third kappa shape index (κ3) is 4.07. The van der Waals surface area contributed by atoms with Crippen LogP contribution in [0, 0.1) is 0 Å². The molecule has 0 saturated carbocycles. The largest absolute Gasteiger partial charge is 0.507 e. The Morgan fingerprint density at radius 3 is 2.06 bits per heavy atom. The monoisotopic (exact) mass is 234 g/mol. The molecule has 0 bridgehead atoms. The van der Waals surface area contributed by atoms with E-state index in [1.807, 2.05) is 0 Å². The SMILES string of the molecule is CCCCc1cc(CC)c(O)c(CCCC)c1. The van der Waals surface area contributed by atoms with Gasteiger partial charge in [-0.2, -0.15) is 0 Å². The first-order valence-corrected chi connectivity index (χ1v) is 7.06. The molecule has 0 unspecified atom stereocenters. The van der Waals surface area contributed by atoms with E-state index in [1.165, 1.54) is 24.8 Å². The number of phenols is 1. The fourth-order valence-electron chi connectivity index (χ4n) is 2.18. The molecule has 1 rings (SSSR count). The van der Waals surface area contributed by atoms with E-state index < -0.39 is 0 Å². The quantitative estimate of drug-likeness (QED) is 0.728. The summed E-state index contributed by atoms with van der Waals surface area (Å²) in [5.74, 6) is 0.543. The van der Waals surface area contributed by atoms with Crippen molar-refractivity contribution in [2.24, 2.45) is 0 Å². The molecule has 0 radical (unpaired) electrons. The van der Waals surface area contributed by atoms with Gasteiger partial charge in [0, 0.05) is 0 Å². The summed E-state index contributed by atoms with van der Waals surface area (Å²) in [5.41, 5.74) is 3.66. The first kappa shape index (κ1) is 14.1. The molecule has 0 atom stereocenters. The molecule has 0 aliphatic carbocycles. The lowest BCUT2D eigenvalue weighted by Gasteiger charge is -2.12. The van der Waals surface area contributed by atoms with Gasteiger partial charge in [0.25, 0.3) is 0 Å². The van der Waals surface area contributed by atoms with Gasteiger partial charge in [-0.3, -0.25) is 0 Å². The Morgan fingerprint density at radius 1 is 0.882 bits per heavy atom. The Morgan fingerprint density at radius 2 is 1.47 bits per heavy atom. The molecule has 0 heterocycles. The van der Waals surface area contributed by atoms with Crippen LogP contribution in [0.1, 0.15) is 63.1 Å². The van der Waals surface area contributed by atoms with Crippen LogP contribution in [0.4, 0.5) is 0 Å². The lowest BCUT2D eigenvalue weighted by Crippen LogP contribution is -1.95. The maximum Gasteiger partial charge on any atom is 0.121 e. The average Bonchev–Trinajstić information content (AvgIpc) is 2.35. The van der Waals surface area contributed by atoms with Gasteiger partial charge in [0.1, 0.15) is 5.75 Å². The minimum atomic E-state index is 0.543. The fraction of sp³-hybridized carbons (Fsp3) is 0.625. The van der Waals surface area contributed by atoms with Crippen LogP contribution >= 0.6 is 0 Å². The summed E-state index contributed by atoms with van der Waals surface area (Å²) in [5, 5.41) is 10.2. The molecule has 1 aromatic carbocycles. The van der Waals surface area contributed by atoms with Crippen LogP contribution in [0.3, 0.4) is 0 Å². The highest BCUT2D eigenvalue weighted by atomic mass is 16.3. The maximum atomic E-state index is 10.2. The molecule has 1 N–H and O–H groups in total. The van der Waals surface area contributed by atoms with Gasteiger partial charge >= 0.3 is 0 Å². The second-order valence-corrected chi connectivity index (χ2v) is 4.82. The Bertz CT molecular complexity index is 342. The summed E-state index contributed by atoms with van der Waals surface area (Å²) >= 11 is 0. The summed E-state index contributed by atoms with van der Waals surface area (Å²) in [4.78, 5) is 0. The van der Waals surface area contributed by atoms with E-state index in [0.717, 1.165) is 36.8 Å². The first-order valence-electron chi connectivity index (χ1n) is 7.06. The van der Waals surface area contributed by atoms with Crippen LogP contribution in [0.25, 0.3) is 0 Å². The fourth-order valence-corrected chi connectivity index (χ4v) is 2.18. The summed E-state index contributed by atoms with van der Waals surface area (Å²) < 4.78 is 0. The minimum Gasteiger partial charge on any atom is -0.507 e. The summed E-state index contributed by atoms with van der Waals surface area (Å²) in [7, 11) is 0. The molecular formula is C16H26O. The van der Waals surface area contributed by atoms with E-state index in [9.17, 15) is 5.11 Å². The van der Waals surface area contributed by atoms with Crippen molar-refractivity contribution in [1.82, 2.24) is 0 Å². The predicted octanol–water partition coefficient (Wildman–Crippen LogP) is 4.64. The summed E-state index contributed by atoms with van der Waals surface area (Å²) in [6.45, 7) is 6.53. The van der Waals surface area contributed by atoms with E-state index in [2.05, 4.69) is 32.9 Å². The van der Waals surface area contributed by atoms with Crippen molar-refractivity contribution in [3.05, 3.63) is 28.8 Å². The number of unbranched alkanes of at least 4 members (excludes halogenated alkanes) is 2. The normalized spacial score (nSPS) is 10.8. The van der Waals surface area contributed by atoms with Gasteiger partial charge < -0.3 is 5.11 Å². The van der Waals surface area contributed by atoms with Crippen LogP contribution in [0.2, 0.25) is 0 Å². The smallest absolute Gasteiger partial charge is 0.121 e. The van der Waals surface area contributed by atoms with Crippen molar-refractivity contribution in [3.63, 3.8) is 0 Å². The number of aromatic hydroxyl groups is 1. The molecule has 17 heavy (non-hydrogen) atoms. The molecule has 0 fully saturated rings. The lowest BCUT2D eigenvalue weighted by atomic mass is 9.96. The molecule has 0 aliphatic heterocycles. The minimum absolute atomic E-state index is 0.543. The van der Waals surface area contributed by atoms with Crippen molar-refractivity contribution in [1.29, 1.82) is 0 Å². The van der Waals surface area contributed by atoms with E-state index >= 15 is 0 Å². The predicted molar refractivity (Wildman–Crippen MR) is 74.7 cm³/mol. The highest BCUT2D eigenvalue weighted by Gasteiger charge is 2.08. The standard InChI is InChI=1S/C16H26O/c1-4-7-9-13-11-14(6-3)16(17)15(12-13)10-8-5-2/h11-12,17H,4-10H2,1-3H3. The van der Waals surface area contributed by atoms with Gasteiger partial charge in [-0.25, -0.2) is 0 Å². The Kier molecular flexibility index (Phi) is 6.10. The zero-order chi connectivity index (χ0) is 12.7. The van der Waals surface area contributed by atoms with E-state index in [0.29, 0.717) is 5.75 Å². The van der Waals surface area contributed by atoms with E-state index in [1.54, 1.807) is 0 Å². The third-order valence-corrected chi connectivity index (χ3v) is 3.33. The van der Waals surface area contributed by atoms with E-state index in [4.69, 9.17) is 0 Å². The van der Waals surface area contributed by atoms with Gasteiger partial charge in [0.15, 0.2) is 0 Å². The molecule has 0 aliphatic rings. The van der Waals surface area contributed by atoms with Crippen LogP contribution < -0.4 is 0 Å². The molecule has 1 heteroatoms. The van der Waals surface area contributed by atoms with E-state index in [-0.39, 0.29) is 0 Å². The lowest BCUT2D eigenvalue weighted by molar-refractivity contribution is 0.460. The Balaban J connectivity index is 2.92. The second-order valence-electron chi connectivity index (χ2n) is 4.82. The molecule has 96 valence electrons. The number of aryl methyl sites for hydroxylation is 3. The van der Waals surface area contributed by atoms with Crippen molar-refractivity contribution < 1.29 is 5.11 Å². The van der Waals surface area contributed by atoms with Crippen LogP contribution in [0.5, 0.6) is 5.75 Å². The van der Waals surface area contributed by atoms with Crippen LogP contribution in [-0.2, 0) is 19.3 Å². The highest BCUT2D eigenvalue weighted by molar-refractivity contribution is 5.44. The molecule has 0 spiro atoms. The van der Waals surface area contributed by atoms with Crippen LogP contribution in [0.15, 0.2) is 12.1 Å². The van der Waals surface area contributed by atoms with Gasteiger partial charge in [0.2, 0.25) is 0 Å². The van der Waals surface area contributed by atoms with Crippen molar-refractivity contribution in [2.45, 2.75) is 65.7 Å². The Hall–Kier alpha value is -0.980. The van der Waals surface area contributed by atoms with Crippen molar-refractivity contribution >= 4 is 0 Å². The molecule has 0 aromatic heterocycles. The van der Waals surface area contributed by atoms with Crippen molar-refractivity contribution in [2.75, 3.05) is 0 Å². The number of benzene rings is 1. The number of hydrogen-bond acceptors (Lipinski definition) is 1. The molecular weight excluding hydrogens is 208 g/mol. The summed E-state index contributed by atoms with van der Waals surface area (Å²) in [6.07, 6.45) is 7.88. The average molecular weight is 234 g/mol. The molecule has 1 aromatic rings. The van der Waals surface area contributed by atoms with Gasteiger partial charge in [-0.15, -0.1) is 0 Å². The van der Waals surface area contributed by atoms with Gasteiger partial charge in [-0.05, 0) is 48.8 Å². The van der Waals surface area contributed by atoms with Gasteiger partial charge in [0.05, 0.1) is 0 Å². The zero-order valence-corrected chi connectivity index (χ0v) is 11.6. The Labute approximate surface area is 106 Å². The molecule has 0 amide bonds. The number of hydrogen-bond donors (Lipinski definition) is 1. The third-order valence-electron chi connectivity index (χ3n) is 3.33. The summed E-state index contributed by atoms with van der Waals surface area (Å²) in [6, 6.07) is 4.39. The van der Waals surface area contributed by atoms with Gasteiger partial charge in [-0.1, -0.05) is 45.7 Å². The topological polar surface area (TPSA) is 20.2 Å². The molecule has 0 saturated heterocycles. The van der Waals surface area contributed by atoms with Crippen LogP contribution in [-0.4, -0.2) is 5.11 Å². The molecule has 1 nitrogen and oxygen atoms in total. The second kappa shape index (κ2) is 7.37. The van der Waals surface area contributed by atoms with Crippen molar-refractivity contribution in [3.8, 4) is 5.75 Å². The number of phenolic OH excluding ortho intramolecular Hbond substituents is 1. The zero-order valence-electron chi connectivity index (χ0n) is 11.6. The number of rotatable bonds is 7.